The number of hydrogen-bond donors (Lipinski definition) is 3. The molecule has 0 fully saturated rings. The van der Waals surface area contributed by atoms with Gasteiger partial charge in [0.15, 0.2) is 5.69 Å². The van der Waals surface area contributed by atoms with Gasteiger partial charge in [-0.25, -0.2) is 9.07 Å². The van der Waals surface area contributed by atoms with Crippen LogP contribution in [0.25, 0.3) is 16.9 Å². The number of amides is 2. The highest BCUT2D eigenvalue weighted by molar-refractivity contribution is 6.36. The van der Waals surface area contributed by atoms with E-state index in [-0.39, 0.29) is 22.1 Å². The van der Waals surface area contributed by atoms with E-state index in [0.29, 0.717) is 41.2 Å². The maximum absolute atomic E-state index is 13.5. The number of benzene rings is 3. The monoisotopic (exact) mass is 475 g/mol. The van der Waals surface area contributed by atoms with Gasteiger partial charge in [-0.3, -0.25) is 9.59 Å². The summed E-state index contributed by atoms with van der Waals surface area (Å²) in [6, 6.07) is 16.2. The first kappa shape index (κ1) is 21.7. The summed E-state index contributed by atoms with van der Waals surface area (Å²) in [5, 5.41) is 7.49. The molecule has 0 saturated carbocycles. The molecule has 170 valence electrons. The lowest BCUT2D eigenvalue weighted by Crippen LogP contribution is -2.16. The number of nitrogen functional groups attached to an aromatic ring is 1. The van der Waals surface area contributed by atoms with E-state index >= 15 is 0 Å². The number of aromatic nitrogens is 2. The second kappa shape index (κ2) is 8.31. The molecule has 1 heterocycles. The van der Waals surface area contributed by atoms with E-state index in [2.05, 4.69) is 10.4 Å². The molecule has 3 aromatic carbocycles. The number of primary amides is 1. The van der Waals surface area contributed by atoms with Crippen LogP contribution >= 0.6 is 11.6 Å². The van der Waals surface area contributed by atoms with Crippen LogP contribution in [-0.2, 0) is 12.8 Å². The molecule has 4 aromatic rings. The van der Waals surface area contributed by atoms with E-state index in [1.54, 1.807) is 41.1 Å². The van der Waals surface area contributed by atoms with Crippen LogP contribution < -0.4 is 16.8 Å². The van der Waals surface area contributed by atoms with Gasteiger partial charge < -0.3 is 16.8 Å². The van der Waals surface area contributed by atoms with Crippen LogP contribution in [0.5, 0.6) is 0 Å². The number of aryl methyl sites for hydroxylation is 1. The molecule has 1 aromatic heterocycles. The highest BCUT2D eigenvalue weighted by atomic mass is 35.5. The highest BCUT2D eigenvalue weighted by Crippen LogP contribution is 2.38. The fraction of sp³-hybridized carbons (Fsp3) is 0.0800. The molecule has 5 N–H and O–H groups in total. The van der Waals surface area contributed by atoms with E-state index < -0.39 is 11.8 Å². The third kappa shape index (κ3) is 3.68. The molecule has 0 atom stereocenters. The fourth-order valence-corrected chi connectivity index (χ4v) is 4.42. The van der Waals surface area contributed by atoms with Crippen molar-refractivity contribution in [3.8, 4) is 16.9 Å². The van der Waals surface area contributed by atoms with Crippen molar-refractivity contribution in [2.24, 2.45) is 5.73 Å². The number of rotatable bonds is 4. The van der Waals surface area contributed by atoms with Crippen LogP contribution in [-0.4, -0.2) is 21.6 Å². The Labute approximate surface area is 199 Å². The Kier molecular flexibility index (Phi) is 5.30. The van der Waals surface area contributed by atoms with E-state index in [1.807, 2.05) is 12.1 Å². The number of nitrogens with zero attached hydrogens (tertiary/aromatic N) is 2. The number of carbonyl (C=O) groups is 2. The van der Waals surface area contributed by atoms with E-state index in [4.69, 9.17) is 23.1 Å². The van der Waals surface area contributed by atoms with Crippen molar-refractivity contribution in [3.63, 3.8) is 0 Å². The van der Waals surface area contributed by atoms with Crippen LogP contribution in [0.4, 0.5) is 15.8 Å². The molecule has 9 heteroatoms. The van der Waals surface area contributed by atoms with Crippen molar-refractivity contribution >= 4 is 34.8 Å². The molecule has 1 aliphatic carbocycles. The van der Waals surface area contributed by atoms with Crippen molar-refractivity contribution < 1.29 is 14.0 Å². The highest BCUT2D eigenvalue weighted by Gasteiger charge is 2.28. The topological polar surface area (TPSA) is 116 Å². The average molecular weight is 476 g/mol. The summed E-state index contributed by atoms with van der Waals surface area (Å²) < 4.78 is 15.1. The number of nitrogens with one attached hydrogen (secondary N) is 1. The van der Waals surface area contributed by atoms with Crippen LogP contribution in [0.15, 0.2) is 60.7 Å². The lowest BCUT2D eigenvalue weighted by atomic mass is 9.88. The predicted octanol–water partition coefficient (Wildman–Crippen LogP) is 4.36. The summed E-state index contributed by atoms with van der Waals surface area (Å²) in [4.78, 5) is 25.0. The molecule has 2 amide bonds. The lowest BCUT2D eigenvalue weighted by Gasteiger charge is -2.20. The van der Waals surface area contributed by atoms with Gasteiger partial charge in [-0.1, -0.05) is 23.7 Å². The molecule has 0 bridgehead atoms. The second-order valence-electron chi connectivity index (χ2n) is 7.96. The van der Waals surface area contributed by atoms with Crippen LogP contribution in [0.1, 0.15) is 32.0 Å². The Morgan fingerprint density at radius 1 is 1.06 bits per heavy atom. The van der Waals surface area contributed by atoms with Gasteiger partial charge in [-0.2, -0.15) is 5.10 Å². The number of carbonyl (C=O) groups excluding carboxylic acids is 2. The minimum atomic E-state index is -0.638. The van der Waals surface area contributed by atoms with Crippen molar-refractivity contribution in [2.75, 3.05) is 11.1 Å². The minimum absolute atomic E-state index is 0.172. The predicted molar refractivity (Wildman–Crippen MR) is 129 cm³/mol. The molecule has 0 unspecified atom stereocenters. The molecule has 1 aliphatic rings. The largest absolute Gasteiger partial charge is 0.398 e. The molecular weight excluding hydrogens is 457 g/mol. The van der Waals surface area contributed by atoms with Gasteiger partial charge in [-0.15, -0.1) is 0 Å². The van der Waals surface area contributed by atoms with Crippen molar-refractivity contribution in [1.82, 2.24) is 9.78 Å². The number of anilines is 2. The number of fused-ring (bicyclic) bond motifs is 3. The summed E-state index contributed by atoms with van der Waals surface area (Å²) in [6.45, 7) is 0. The number of nitrogens with two attached hydrogens (primary N) is 2. The second-order valence-corrected chi connectivity index (χ2v) is 8.34. The van der Waals surface area contributed by atoms with E-state index in [0.717, 1.165) is 11.1 Å². The normalized spacial score (nSPS) is 12.1. The molecule has 0 spiro atoms. The molecule has 0 radical (unpaired) electrons. The molecule has 0 saturated heterocycles. The van der Waals surface area contributed by atoms with Crippen molar-refractivity contribution in [1.29, 1.82) is 0 Å². The maximum atomic E-state index is 13.5. The Bertz CT molecular complexity index is 1460. The summed E-state index contributed by atoms with van der Waals surface area (Å²) in [7, 11) is 0. The third-order valence-electron chi connectivity index (χ3n) is 5.83. The zero-order chi connectivity index (χ0) is 24.0. The maximum Gasteiger partial charge on any atom is 0.269 e. The minimum Gasteiger partial charge on any atom is -0.398 e. The quantitative estimate of drug-likeness (QED) is 0.380. The summed E-state index contributed by atoms with van der Waals surface area (Å²) >= 11 is 6.20. The zero-order valence-corrected chi connectivity index (χ0v) is 18.6. The van der Waals surface area contributed by atoms with Crippen LogP contribution in [0.3, 0.4) is 0 Å². The SMILES string of the molecule is NC(=O)c1nn(-c2ccc(F)cc2)c2c1CCc1ccc(NC(=O)c3cccc(N)c3Cl)cc1-2. The van der Waals surface area contributed by atoms with Gasteiger partial charge in [-0.05, 0) is 66.9 Å². The summed E-state index contributed by atoms with van der Waals surface area (Å²) in [5.74, 6) is -1.43. The number of halogens is 2. The van der Waals surface area contributed by atoms with Gasteiger partial charge >= 0.3 is 0 Å². The fourth-order valence-electron chi connectivity index (χ4n) is 4.21. The van der Waals surface area contributed by atoms with Crippen LogP contribution in [0, 0.1) is 5.82 Å². The molecule has 5 rings (SSSR count). The Morgan fingerprint density at radius 3 is 2.56 bits per heavy atom. The van der Waals surface area contributed by atoms with E-state index in [9.17, 15) is 14.0 Å². The molecule has 34 heavy (non-hydrogen) atoms. The first-order valence-electron chi connectivity index (χ1n) is 10.5. The summed E-state index contributed by atoms with van der Waals surface area (Å²) in [5.41, 5.74) is 16.5. The van der Waals surface area contributed by atoms with Gasteiger partial charge in [0.1, 0.15) is 5.82 Å². The standard InChI is InChI=1S/C25H19ClFN5O2/c26-21-17(2-1-3-20(21)28)25(34)30-15-8-4-13-5-11-18-22(24(29)33)31-32(23(18)19(13)12-15)16-9-6-14(27)7-10-16/h1-4,6-10,12H,5,11,28H2,(H2,29,33)(H,30,34). The number of hydrogen-bond acceptors (Lipinski definition) is 4. The Hall–Kier alpha value is -4.17. The van der Waals surface area contributed by atoms with Gasteiger partial charge in [0.25, 0.3) is 11.8 Å². The van der Waals surface area contributed by atoms with Crippen LogP contribution in [0.2, 0.25) is 5.02 Å². The first-order chi connectivity index (χ1) is 16.3. The van der Waals surface area contributed by atoms with E-state index in [1.165, 1.54) is 12.1 Å². The van der Waals surface area contributed by atoms with Gasteiger partial charge in [0.2, 0.25) is 0 Å². The van der Waals surface area contributed by atoms with Crippen molar-refractivity contribution in [3.05, 3.63) is 93.9 Å². The summed E-state index contributed by atoms with van der Waals surface area (Å²) in [6.07, 6.45) is 1.25. The Morgan fingerprint density at radius 2 is 1.82 bits per heavy atom. The van der Waals surface area contributed by atoms with Crippen molar-refractivity contribution in [2.45, 2.75) is 12.8 Å². The molecule has 7 nitrogen and oxygen atoms in total. The molecule has 0 aliphatic heterocycles. The first-order valence-corrected chi connectivity index (χ1v) is 10.9. The molecular formula is C25H19ClFN5O2. The zero-order valence-electron chi connectivity index (χ0n) is 17.8. The van der Waals surface area contributed by atoms with Gasteiger partial charge in [0, 0.05) is 16.8 Å². The average Bonchev–Trinajstić information content (AvgIpc) is 3.22. The smallest absolute Gasteiger partial charge is 0.269 e. The van der Waals surface area contributed by atoms with Gasteiger partial charge in [0.05, 0.1) is 27.7 Å². The Balaban J connectivity index is 1.60. The third-order valence-corrected chi connectivity index (χ3v) is 6.25. The lowest BCUT2D eigenvalue weighted by molar-refractivity contribution is 0.0992.